The van der Waals surface area contributed by atoms with Gasteiger partial charge in [0.2, 0.25) is 0 Å². The van der Waals surface area contributed by atoms with E-state index in [1.807, 2.05) is 27.7 Å². The van der Waals surface area contributed by atoms with Crippen LogP contribution in [0.5, 0.6) is 11.5 Å². The maximum absolute atomic E-state index is 12.3. The molecular weight excluding hydrogens is 502 g/mol. The number of hydrogen-bond acceptors (Lipinski definition) is 11. The molecule has 0 saturated carbocycles. The Morgan fingerprint density at radius 3 is 1.84 bits per heavy atom. The highest BCUT2D eigenvalue weighted by molar-refractivity contribution is 5.75. The highest BCUT2D eigenvalue weighted by Crippen LogP contribution is 2.35. The molecule has 0 heterocycles. The number of rotatable bonds is 14. The van der Waals surface area contributed by atoms with Crippen molar-refractivity contribution in [1.82, 2.24) is 0 Å². The van der Waals surface area contributed by atoms with Gasteiger partial charge in [-0.1, -0.05) is 33.8 Å². The average Bonchev–Trinajstić information content (AvgIpc) is 2.82. The Hall–Kier alpha value is -3.54. The molecule has 2 unspecified atom stereocenters. The van der Waals surface area contributed by atoms with Gasteiger partial charge < -0.3 is 39.3 Å². The van der Waals surface area contributed by atoms with Crippen molar-refractivity contribution < 1.29 is 52.7 Å². The molecule has 0 spiro atoms. The Morgan fingerprint density at radius 2 is 1.37 bits per heavy atom. The van der Waals surface area contributed by atoms with Crippen LogP contribution in [0.2, 0.25) is 0 Å². The summed E-state index contributed by atoms with van der Waals surface area (Å²) in [7, 11) is 1.14. The highest BCUT2D eigenvalue weighted by Gasteiger charge is 2.30. The Bertz CT molecular complexity index is 932. The van der Waals surface area contributed by atoms with Crippen LogP contribution >= 0.6 is 0 Å². The molecule has 3 N–H and O–H groups in total. The molecule has 3 atom stereocenters. The zero-order valence-corrected chi connectivity index (χ0v) is 22.8. The van der Waals surface area contributed by atoms with Gasteiger partial charge in [0, 0.05) is 5.92 Å². The van der Waals surface area contributed by atoms with Gasteiger partial charge >= 0.3 is 24.4 Å². The third-order valence-electron chi connectivity index (χ3n) is 5.38. The van der Waals surface area contributed by atoms with Crippen LogP contribution in [-0.2, 0) is 23.7 Å². The summed E-state index contributed by atoms with van der Waals surface area (Å²) >= 11 is 0. The van der Waals surface area contributed by atoms with E-state index < -0.39 is 42.5 Å². The van der Waals surface area contributed by atoms with Crippen molar-refractivity contribution in [3.05, 3.63) is 23.8 Å². The zero-order valence-electron chi connectivity index (χ0n) is 22.8. The lowest BCUT2D eigenvalue weighted by Crippen LogP contribution is -2.38. The smallest absolute Gasteiger partial charge is 0.480 e. The number of ether oxygens (including phenoxy) is 6. The summed E-state index contributed by atoms with van der Waals surface area (Å²) in [6, 6.07) is 2.70. The minimum Gasteiger partial charge on any atom is -0.480 e. The van der Waals surface area contributed by atoms with Gasteiger partial charge in [-0.15, -0.1) is 0 Å². The Kier molecular flexibility index (Phi) is 14.0. The average molecular weight is 542 g/mol. The molecule has 1 aromatic rings. The summed E-state index contributed by atoms with van der Waals surface area (Å²) in [6.07, 6.45) is -2.52. The molecule has 0 aliphatic rings. The predicted molar refractivity (Wildman–Crippen MR) is 135 cm³/mol. The van der Waals surface area contributed by atoms with Crippen LogP contribution in [0.15, 0.2) is 18.2 Å². The molecule has 0 bridgehead atoms. The van der Waals surface area contributed by atoms with Crippen molar-refractivity contribution >= 4 is 24.4 Å². The second-order valence-electron chi connectivity index (χ2n) is 9.56. The minimum atomic E-state index is -1.41. The van der Waals surface area contributed by atoms with E-state index in [1.165, 1.54) is 18.2 Å². The van der Waals surface area contributed by atoms with Gasteiger partial charge in [-0.25, -0.2) is 14.4 Å². The molecular formula is C26H39NO11. The topological polar surface area (TPSA) is 170 Å². The monoisotopic (exact) mass is 541 g/mol. The van der Waals surface area contributed by atoms with Crippen LogP contribution in [-0.4, -0.2) is 62.0 Å². The van der Waals surface area contributed by atoms with Crippen LogP contribution in [0.4, 0.5) is 14.4 Å². The number of methoxy groups -OCH3 is 1. The molecule has 1 rings (SSSR count). The van der Waals surface area contributed by atoms with Crippen molar-refractivity contribution in [2.24, 2.45) is 17.6 Å². The number of hydrogen-bond donors (Lipinski definition) is 2. The van der Waals surface area contributed by atoms with E-state index in [-0.39, 0.29) is 37.1 Å². The fraction of sp³-hybridized carbons (Fsp3) is 0.615. The van der Waals surface area contributed by atoms with Crippen LogP contribution in [0.1, 0.15) is 65.4 Å². The van der Waals surface area contributed by atoms with Crippen molar-refractivity contribution in [1.29, 1.82) is 0 Å². The molecule has 38 heavy (non-hydrogen) atoms. The first kappa shape index (κ1) is 32.5. The van der Waals surface area contributed by atoms with Crippen LogP contribution in [0.25, 0.3) is 0 Å². The number of carboxylic acids is 1. The number of carboxylic acid groups (broad SMARTS) is 1. The number of carbonyl (C=O) groups excluding carboxylic acids is 3. The van der Waals surface area contributed by atoms with Crippen molar-refractivity contribution in [3.63, 3.8) is 0 Å². The van der Waals surface area contributed by atoms with Gasteiger partial charge in [-0.2, -0.15) is 0 Å². The summed E-state index contributed by atoms with van der Waals surface area (Å²) in [5, 5.41) is 9.56. The van der Waals surface area contributed by atoms with E-state index in [0.717, 1.165) is 7.11 Å². The standard InChI is InChI=1S/C26H39NO11/c1-15(2)9-11-34-25(31)37-20-8-7-18(14-21(20)38-26(32)35-12-10-16(3)4)19(22(27)23(28)29)13-17(5)36-24(30)33-6/h7-8,14-17,19,22H,9-13,27H2,1-6H3,(H,28,29)/t17?,19?,22-/m0/s1. The normalized spacial score (nSPS) is 13.3. The summed E-state index contributed by atoms with van der Waals surface area (Å²) in [4.78, 5) is 47.7. The number of benzene rings is 1. The maximum atomic E-state index is 12.3. The van der Waals surface area contributed by atoms with Gasteiger partial charge in [-0.05, 0) is 55.7 Å². The third kappa shape index (κ3) is 12.1. The van der Waals surface area contributed by atoms with Gasteiger partial charge in [-0.3, -0.25) is 4.79 Å². The first-order valence-electron chi connectivity index (χ1n) is 12.4. The lowest BCUT2D eigenvalue weighted by molar-refractivity contribution is -0.139. The zero-order chi connectivity index (χ0) is 28.8. The van der Waals surface area contributed by atoms with E-state index in [4.69, 9.17) is 29.4 Å². The third-order valence-corrected chi connectivity index (χ3v) is 5.38. The summed E-state index contributed by atoms with van der Waals surface area (Å²) in [5.74, 6) is -1.95. The Labute approximate surface area is 222 Å². The van der Waals surface area contributed by atoms with Crippen LogP contribution in [0.3, 0.4) is 0 Å². The van der Waals surface area contributed by atoms with Crippen molar-refractivity contribution in [2.75, 3.05) is 20.3 Å². The van der Waals surface area contributed by atoms with E-state index >= 15 is 0 Å². The van der Waals surface area contributed by atoms with Gasteiger partial charge in [0.15, 0.2) is 11.5 Å². The molecule has 0 fully saturated rings. The van der Waals surface area contributed by atoms with E-state index in [2.05, 4.69) is 4.74 Å². The summed E-state index contributed by atoms with van der Waals surface area (Å²) in [6.45, 7) is 9.66. The van der Waals surface area contributed by atoms with Gasteiger partial charge in [0.1, 0.15) is 12.1 Å². The molecule has 12 heteroatoms. The first-order valence-corrected chi connectivity index (χ1v) is 12.4. The number of nitrogens with two attached hydrogens (primary N) is 1. The van der Waals surface area contributed by atoms with Crippen molar-refractivity contribution in [3.8, 4) is 11.5 Å². The Morgan fingerprint density at radius 1 is 0.842 bits per heavy atom. The molecule has 0 radical (unpaired) electrons. The summed E-state index contributed by atoms with van der Waals surface area (Å²) in [5.41, 5.74) is 6.26. The van der Waals surface area contributed by atoms with E-state index in [9.17, 15) is 24.3 Å². The maximum Gasteiger partial charge on any atom is 0.513 e. The molecule has 12 nitrogen and oxygen atoms in total. The second-order valence-corrected chi connectivity index (χ2v) is 9.56. The van der Waals surface area contributed by atoms with Gasteiger partial charge in [0.25, 0.3) is 0 Å². The molecule has 0 amide bonds. The van der Waals surface area contributed by atoms with E-state index in [1.54, 1.807) is 6.92 Å². The molecule has 214 valence electrons. The van der Waals surface area contributed by atoms with Gasteiger partial charge in [0.05, 0.1) is 20.3 Å². The SMILES string of the molecule is COC(=O)OC(C)CC(c1ccc(OC(=O)OCCC(C)C)c(OC(=O)OCCC(C)C)c1)[C@H](N)C(=O)O. The molecule has 1 aromatic carbocycles. The molecule has 0 aliphatic carbocycles. The Balaban J connectivity index is 3.26. The van der Waals surface area contributed by atoms with Crippen molar-refractivity contribution in [2.45, 2.75) is 71.9 Å². The van der Waals surface area contributed by atoms with Crippen LogP contribution < -0.4 is 15.2 Å². The fourth-order valence-corrected chi connectivity index (χ4v) is 3.19. The number of aliphatic carboxylic acids is 1. The molecule has 0 aliphatic heterocycles. The second kappa shape index (κ2) is 16.3. The van der Waals surface area contributed by atoms with E-state index in [0.29, 0.717) is 24.3 Å². The molecule has 0 saturated heterocycles. The summed E-state index contributed by atoms with van der Waals surface area (Å²) < 4.78 is 30.2. The minimum absolute atomic E-state index is 0.00170. The highest BCUT2D eigenvalue weighted by atomic mass is 16.7. The number of carbonyl (C=O) groups is 4. The van der Waals surface area contributed by atoms with Crippen LogP contribution in [0, 0.1) is 11.8 Å². The molecule has 0 aromatic heterocycles. The first-order chi connectivity index (χ1) is 17.8. The fourth-order valence-electron chi connectivity index (χ4n) is 3.19. The lowest BCUT2D eigenvalue weighted by atomic mass is 9.87. The lowest BCUT2D eigenvalue weighted by Gasteiger charge is -2.25. The predicted octanol–water partition coefficient (Wildman–Crippen LogP) is 4.87. The quantitative estimate of drug-likeness (QED) is 0.186. The largest absolute Gasteiger partial charge is 0.513 e.